The summed E-state index contributed by atoms with van der Waals surface area (Å²) in [4.78, 5) is 16.0. The lowest BCUT2D eigenvalue weighted by Crippen LogP contribution is -2.37. The second kappa shape index (κ2) is 6.18. The molecule has 0 aromatic carbocycles. The van der Waals surface area contributed by atoms with Crippen LogP contribution in [0.1, 0.15) is 45.3 Å². The number of urea groups is 1. The maximum absolute atomic E-state index is 11.5. The van der Waals surface area contributed by atoms with Crippen molar-refractivity contribution in [3.05, 3.63) is 16.1 Å². The predicted octanol–water partition coefficient (Wildman–Crippen LogP) is 2.90. The van der Waals surface area contributed by atoms with Gasteiger partial charge in [-0.1, -0.05) is 34.6 Å². The Labute approximate surface area is 113 Å². The zero-order chi connectivity index (χ0) is 13.8. The van der Waals surface area contributed by atoms with Crippen LogP contribution >= 0.6 is 11.3 Å². The number of aromatic nitrogens is 1. The molecule has 2 amide bonds. The van der Waals surface area contributed by atoms with Crippen molar-refractivity contribution in [1.29, 1.82) is 0 Å². The molecular weight excluding hydrogens is 246 g/mol. The van der Waals surface area contributed by atoms with E-state index in [0.717, 1.165) is 10.7 Å². The third-order valence-corrected chi connectivity index (χ3v) is 3.61. The van der Waals surface area contributed by atoms with Crippen LogP contribution in [0.3, 0.4) is 0 Å². The largest absolute Gasteiger partial charge is 0.338 e. The van der Waals surface area contributed by atoms with Crippen molar-refractivity contribution in [3.8, 4) is 0 Å². The van der Waals surface area contributed by atoms with Crippen LogP contribution in [0.2, 0.25) is 0 Å². The molecule has 0 saturated heterocycles. The van der Waals surface area contributed by atoms with Crippen molar-refractivity contribution >= 4 is 17.4 Å². The Kier molecular flexibility index (Phi) is 5.14. The number of hydrogen-bond donors (Lipinski definition) is 2. The lowest BCUT2D eigenvalue weighted by atomic mass is 9.98. The van der Waals surface area contributed by atoms with Crippen LogP contribution in [0.5, 0.6) is 0 Å². The van der Waals surface area contributed by atoms with Crippen LogP contribution in [0.4, 0.5) is 4.79 Å². The second-order valence-electron chi connectivity index (χ2n) is 5.85. The quantitative estimate of drug-likeness (QED) is 0.883. The number of nitrogens with zero attached hydrogens (tertiary/aromatic N) is 1. The Hall–Kier alpha value is -1.10. The highest BCUT2D eigenvalue weighted by molar-refractivity contribution is 7.09. The van der Waals surface area contributed by atoms with E-state index in [0.29, 0.717) is 19.0 Å². The van der Waals surface area contributed by atoms with E-state index >= 15 is 0 Å². The molecule has 0 aliphatic rings. The minimum Gasteiger partial charge on any atom is -0.338 e. The van der Waals surface area contributed by atoms with Gasteiger partial charge in [-0.25, -0.2) is 9.78 Å². The molecule has 0 aliphatic heterocycles. The summed E-state index contributed by atoms with van der Waals surface area (Å²) in [6.45, 7) is 11.7. The summed E-state index contributed by atoms with van der Waals surface area (Å²) in [6, 6.07) is -0.131. The van der Waals surface area contributed by atoms with Gasteiger partial charge in [0.15, 0.2) is 0 Å². The van der Waals surface area contributed by atoms with E-state index in [-0.39, 0.29) is 11.4 Å². The Morgan fingerprint density at radius 1 is 1.39 bits per heavy atom. The van der Waals surface area contributed by atoms with E-state index < -0.39 is 0 Å². The van der Waals surface area contributed by atoms with Crippen molar-refractivity contribution in [3.63, 3.8) is 0 Å². The lowest BCUT2D eigenvalue weighted by molar-refractivity contribution is 0.239. The average Bonchev–Trinajstić information content (AvgIpc) is 2.71. The van der Waals surface area contributed by atoms with Gasteiger partial charge in [0.05, 0.1) is 17.2 Å². The molecule has 102 valence electrons. The molecule has 1 rings (SSSR count). The first kappa shape index (κ1) is 15.0. The molecule has 18 heavy (non-hydrogen) atoms. The summed E-state index contributed by atoms with van der Waals surface area (Å²) in [5.74, 6) is 0.461. The molecule has 0 saturated carbocycles. The van der Waals surface area contributed by atoms with Crippen LogP contribution in [-0.2, 0) is 12.0 Å². The van der Waals surface area contributed by atoms with Gasteiger partial charge in [0, 0.05) is 17.3 Å². The van der Waals surface area contributed by atoms with Crippen LogP contribution in [0.15, 0.2) is 5.38 Å². The fourth-order valence-electron chi connectivity index (χ4n) is 1.26. The third-order valence-electron chi connectivity index (χ3n) is 2.29. The molecule has 0 bridgehead atoms. The lowest BCUT2D eigenvalue weighted by Gasteiger charge is -2.13. The number of hydrogen-bond acceptors (Lipinski definition) is 3. The molecule has 4 nitrogen and oxygen atoms in total. The number of carbonyl (C=O) groups is 1. The molecule has 0 radical (unpaired) electrons. The van der Waals surface area contributed by atoms with Crippen molar-refractivity contribution in [2.75, 3.05) is 6.54 Å². The smallest absolute Gasteiger partial charge is 0.315 e. The van der Waals surface area contributed by atoms with E-state index in [4.69, 9.17) is 0 Å². The zero-order valence-electron chi connectivity index (χ0n) is 11.8. The molecule has 1 aromatic rings. The van der Waals surface area contributed by atoms with Gasteiger partial charge in [-0.15, -0.1) is 11.3 Å². The maximum Gasteiger partial charge on any atom is 0.315 e. The summed E-state index contributed by atoms with van der Waals surface area (Å²) in [5, 5.41) is 8.73. The molecule has 5 heteroatoms. The number of amides is 2. The predicted molar refractivity (Wildman–Crippen MR) is 75.9 cm³/mol. The van der Waals surface area contributed by atoms with Crippen molar-refractivity contribution < 1.29 is 4.79 Å². The van der Waals surface area contributed by atoms with E-state index in [1.165, 1.54) is 0 Å². The third kappa shape index (κ3) is 5.04. The molecule has 2 N–H and O–H groups in total. The fourth-order valence-corrected chi connectivity index (χ4v) is 2.17. The average molecular weight is 269 g/mol. The Morgan fingerprint density at radius 3 is 2.56 bits per heavy atom. The zero-order valence-corrected chi connectivity index (χ0v) is 12.6. The summed E-state index contributed by atoms with van der Waals surface area (Å²) in [7, 11) is 0. The van der Waals surface area contributed by atoms with E-state index in [9.17, 15) is 4.79 Å². The molecule has 1 heterocycles. The van der Waals surface area contributed by atoms with Gasteiger partial charge in [-0.2, -0.15) is 0 Å². The number of nitrogens with one attached hydrogen (secondary N) is 2. The van der Waals surface area contributed by atoms with Gasteiger partial charge in [0.25, 0.3) is 0 Å². The number of rotatable bonds is 4. The highest BCUT2D eigenvalue weighted by Gasteiger charge is 2.17. The van der Waals surface area contributed by atoms with Gasteiger partial charge >= 0.3 is 6.03 Å². The molecule has 0 aliphatic carbocycles. The van der Waals surface area contributed by atoms with Gasteiger partial charge in [-0.05, 0) is 5.92 Å². The monoisotopic (exact) mass is 269 g/mol. The van der Waals surface area contributed by atoms with Gasteiger partial charge in [-0.3, -0.25) is 0 Å². The van der Waals surface area contributed by atoms with Crippen LogP contribution in [0.25, 0.3) is 0 Å². The highest BCUT2D eigenvalue weighted by atomic mass is 32.1. The van der Waals surface area contributed by atoms with Crippen molar-refractivity contribution in [2.24, 2.45) is 5.92 Å². The number of carbonyl (C=O) groups excluding carboxylic acids is 1. The molecule has 0 spiro atoms. The van der Waals surface area contributed by atoms with Crippen LogP contribution in [-0.4, -0.2) is 17.6 Å². The molecule has 0 fully saturated rings. The van der Waals surface area contributed by atoms with E-state index in [1.54, 1.807) is 11.3 Å². The van der Waals surface area contributed by atoms with Gasteiger partial charge in [0.2, 0.25) is 0 Å². The molecule has 0 unspecified atom stereocenters. The Morgan fingerprint density at radius 2 is 2.06 bits per heavy atom. The standard InChI is InChI=1S/C13H23N3OS/c1-9(2)6-14-12(17)15-7-10-8-18-11(16-10)13(3,4)5/h8-9H,6-7H2,1-5H3,(H2,14,15,17). The van der Waals surface area contributed by atoms with E-state index in [2.05, 4.69) is 50.2 Å². The minimum absolute atomic E-state index is 0.0722. The van der Waals surface area contributed by atoms with Crippen LogP contribution in [0, 0.1) is 5.92 Å². The summed E-state index contributed by atoms with van der Waals surface area (Å²) >= 11 is 1.64. The SMILES string of the molecule is CC(C)CNC(=O)NCc1csc(C(C)(C)C)n1. The molecule has 1 aromatic heterocycles. The topological polar surface area (TPSA) is 54.0 Å². The fraction of sp³-hybridized carbons (Fsp3) is 0.692. The summed E-state index contributed by atoms with van der Waals surface area (Å²) in [6.07, 6.45) is 0. The Bertz CT molecular complexity index is 393. The van der Waals surface area contributed by atoms with Gasteiger partial charge < -0.3 is 10.6 Å². The van der Waals surface area contributed by atoms with E-state index in [1.807, 2.05) is 5.38 Å². The van der Waals surface area contributed by atoms with Crippen molar-refractivity contribution in [2.45, 2.75) is 46.6 Å². The molecular formula is C13H23N3OS. The summed E-state index contributed by atoms with van der Waals surface area (Å²) < 4.78 is 0. The first-order chi connectivity index (χ1) is 8.29. The first-order valence-corrected chi connectivity index (χ1v) is 7.13. The first-order valence-electron chi connectivity index (χ1n) is 6.25. The Balaban J connectivity index is 2.40. The normalized spacial score (nSPS) is 11.7. The number of thiazole rings is 1. The minimum atomic E-state index is -0.131. The molecule has 0 atom stereocenters. The van der Waals surface area contributed by atoms with Crippen LogP contribution < -0.4 is 10.6 Å². The van der Waals surface area contributed by atoms with Crippen molar-refractivity contribution in [1.82, 2.24) is 15.6 Å². The highest BCUT2D eigenvalue weighted by Crippen LogP contribution is 2.25. The summed E-state index contributed by atoms with van der Waals surface area (Å²) in [5.41, 5.74) is 0.993. The second-order valence-corrected chi connectivity index (χ2v) is 6.71. The maximum atomic E-state index is 11.5. The van der Waals surface area contributed by atoms with Gasteiger partial charge in [0.1, 0.15) is 0 Å².